The van der Waals surface area contributed by atoms with Gasteiger partial charge in [0.15, 0.2) is 0 Å². The molecule has 0 aliphatic carbocycles. The molecule has 0 fully saturated rings. The van der Waals surface area contributed by atoms with E-state index in [4.69, 9.17) is 22.7 Å². The molecule has 0 heterocycles. The van der Waals surface area contributed by atoms with Crippen molar-refractivity contribution in [2.24, 2.45) is 5.73 Å². The van der Waals surface area contributed by atoms with E-state index < -0.39 is 15.3 Å². The third-order valence-corrected chi connectivity index (χ3v) is 5.42. The minimum absolute atomic E-state index is 0.0425. The minimum atomic E-state index is -3.65. The van der Waals surface area contributed by atoms with Gasteiger partial charge >= 0.3 is 0 Å². The Morgan fingerprint density at radius 3 is 2.68 bits per heavy atom. The Morgan fingerprint density at radius 1 is 1.58 bits per heavy atom. The third kappa shape index (κ3) is 4.05. The Balaban J connectivity index is 3.04. The second kappa shape index (κ2) is 6.53. The van der Waals surface area contributed by atoms with Crippen molar-refractivity contribution in [1.29, 1.82) is 0 Å². The maximum atomic E-state index is 12.1. The summed E-state index contributed by atoms with van der Waals surface area (Å²) in [5.74, 6) is 0.531. The van der Waals surface area contributed by atoms with Gasteiger partial charge in [-0.25, -0.2) is 8.42 Å². The van der Waals surface area contributed by atoms with Crippen molar-refractivity contribution < 1.29 is 13.2 Å². The number of nitrogens with two attached hydrogens (primary N) is 1. The maximum absolute atomic E-state index is 12.1. The van der Waals surface area contributed by atoms with Gasteiger partial charge in [-0.1, -0.05) is 19.1 Å². The lowest BCUT2D eigenvalue weighted by Gasteiger charge is -2.16. The molecule has 0 amide bonds. The van der Waals surface area contributed by atoms with Crippen molar-refractivity contribution in [2.75, 3.05) is 11.8 Å². The van der Waals surface area contributed by atoms with Gasteiger partial charge in [-0.2, -0.15) is 0 Å². The number of hydrogen-bond donors (Lipinski definition) is 2. The van der Waals surface area contributed by atoms with Gasteiger partial charge in [0.2, 0.25) is 10.0 Å². The number of hydrogen-bond acceptors (Lipinski definition) is 4. The van der Waals surface area contributed by atoms with Crippen LogP contribution in [0, 0.1) is 0 Å². The van der Waals surface area contributed by atoms with Gasteiger partial charge in [0.25, 0.3) is 0 Å². The first kappa shape index (κ1) is 16.2. The highest BCUT2D eigenvalue weighted by molar-refractivity contribution is 9.10. The van der Waals surface area contributed by atoms with Gasteiger partial charge in [-0.15, -0.1) is 0 Å². The number of ether oxygens (including phenoxy) is 1. The molecule has 0 spiro atoms. The van der Waals surface area contributed by atoms with E-state index in [0.29, 0.717) is 17.9 Å². The summed E-state index contributed by atoms with van der Waals surface area (Å²) in [6, 6.07) is 4.89. The van der Waals surface area contributed by atoms with Crippen molar-refractivity contribution in [2.45, 2.75) is 18.6 Å². The van der Waals surface area contributed by atoms with Gasteiger partial charge in [0, 0.05) is 6.07 Å². The zero-order chi connectivity index (χ0) is 14.6. The number of sulfonamides is 1. The van der Waals surface area contributed by atoms with Gasteiger partial charge in [0.05, 0.1) is 22.3 Å². The maximum Gasteiger partial charge on any atom is 0.242 e. The number of anilines is 1. The van der Waals surface area contributed by atoms with Crippen LogP contribution in [0.2, 0.25) is 0 Å². The van der Waals surface area contributed by atoms with Gasteiger partial charge in [0.1, 0.15) is 11.0 Å². The summed E-state index contributed by atoms with van der Waals surface area (Å²) in [6.07, 6.45) is 0.318. The molecule has 0 radical (unpaired) electrons. The first-order chi connectivity index (χ1) is 8.81. The standard InChI is InChI=1S/C11H15BrN2O3S2/c1-3-10(11(13)18)19(15,16)14-7-4-5-8(12)9(6-7)17-2/h4-6,10,14H,3H2,1-2H3,(H2,13,18). The Kier molecular flexibility index (Phi) is 5.57. The fraction of sp³-hybridized carbons (Fsp3) is 0.364. The molecule has 0 aliphatic rings. The van der Waals surface area contributed by atoms with Gasteiger partial charge in [-0.05, 0) is 34.5 Å². The Hall–Kier alpha value is -0.860. The molecule has 1 rings (SSSR count). The lowest BCUT2D eigenvalue weighted by Crippen LogP contribution is -2.37. The summed E-state index contributed by atoms with van der Waals surface area (Å²) in [7, 11) is -2.15. The van der Waals surface area contributed by atoms with Crippen molar-refractivity contribution in [3.63, 3.8) is 0 Å². The van der Waals surface area contributed by atoms with E-state index in [0.717, 1.165) is 4.47 Å². The molecule has 1 aromatic rings. The van der Waals surface area contributed by atoms with E-state index in [9.17, 15) is 8.42 Å². The predicted octanol–water partition coefficient (Wildman–Crippen LogP) is 2.26. The van der Waals surface area contributed by atoms with Crippen molar-refractivity contribution in [3.05, 3.63) is 22.7 Å². The first-order valence-corrected chi connectivity index (χ1v) is 8.21. The molecule has 0 bridgehead atoms. The van der Waals surface area contributed by atoms with Crippen molar-refractivity contribution >= 4 is 48.8 Å². The molecular weight excluding hydrogens is 352 g/mol. The summed E-state index contributed by atoms with van der Waals surface area (Å²) in [5.41, 5.74) is 5.85. The van der Waals surface area contributed by atoms with Crippen LogP contribution in [0.5, 0.6) is 5.75 Å². The zero-order valence-electron chi connectivity index (χ0n) is 10.5. The highest BCUT2D eigenvalue weighted by Gasteiger charge is 2.26. The van der Waals surface area contributed by atoms with Crippen LogP contribution >= 0.6 is 28.1 Å². The predicted molar refractivity (Wildman–Crippen MR) is 84.1 cm³/mol. The summed E-state index contributed by atoms with van der Waals surface area (Å²) < 4.78 is 32.5. The molecule has 19 heavy (non-hydrogen) atoms. The molecule has 0 saturated carbocycles. The monoisotopic (exact) mass is 366 g/mol. The topological polar surface area (TPSA) is 81.4 Å². The Labute approximate surface area is 126 Å². The second-order valence-electron chi connectivity index (χ2n) is 3.80. The molecule has 0 aliphatic heterocycles. The summed E-state index contributed by atoms with van der Waals surface area (Å²) >= 11 is 8.07. The number of rotatable bonds is 6. The van der Waals surface area contributed by atoms with Crippen molar-refractivity contribution in [1.82, 2.24) is 0 Å². The molecule has 1 atom stereocenters. The SMILES string of the molecule is CCC(C(N)=S)S(=O)(=O)Nc1ccc(Br)c(OC)c1. The normalized spacial score (nSPS) is 12.8. The van der Waals surface area contributed by atoms with Crippen LogP contribution in [0.1, 0.15) is 13.3 Å². The van der Waals surface area contributed by atoms with E-state index in [1.807, 2.05) is 0 Å². The molecule has 1 aromatic carbocycles. The summed E-state index contributed by atoms with van der Waals surface area (Å²) in [5, 5.41) is -0.892. The number of thiocarbonyl (C=S) groups is 1. The quantitative estimate of drug-likeness (QED) is 0.754. The fourth-order valence-corrected chi connectivity index (χ4v) is 3.83. The van der Waals surface area contributed by atoms with Crippen molar-refractivity contribution in [3.8, 4) is 5.75 Å². The molecule has 1 unspecified atom stereocenters. The summed E-state index contributed by atoms with van der Waals surface area (Å²) in [6.45, 7) is 1.71. The number of methoxy groups -OCH3 is 1. The molecule has 106 valence electrons. The molecule has 8 heteroatoms. The minimum Gasteiger partial charge on any atom is -0.495 e. The van der Waals surface area contributed by atoms with Gasteiger partial charge < -0.3 is 10.5 Å². The van der Waals surface area contributed by atoms with E-state index in [1.165, 1.54) is 7.11 Å². The van der Waals surface area contributed by atoms with Crippen LogP contribution in [0.4, 0.5) is 5.69 Å². The number of nitrogens with one attached hydrogen (secondary N) is 1. The zero-order valence-corrected chi connectivity index (χ0v) is 13.7. The van der Waals surface area contributed by atoms with Crippen LogP contribution in [0.3, 0.4) is 0 Å². The highest BCUT2D eigenvalue weighted by atomic mass is 79.9. The lowest BCUT2D eigenvalue weighted by molar-refractivity contribution is 0.412. The molecule has 0 aromatic heterocycles. The fourth-order valence-electron chi connectivity index (χ4n) is 1.53. The second-order valence-corrected chi connectivity index (χ2v) is 6.98. The highest BCUT2D eigenvalue weighted by Crippen LogP contribution is 2.28. The summed E-state index contributed by atoms with van der Waals surface area (Å²) in [4.78, 5) is -0.0425. The van der Waals surface area contributed by atoms with E-state index in [2.05, 4.69) is 20.7 Å². The first-order valence-electron chi connectivity index (χ1n) is 5.46. The van der Waals surface area contributed by atoms with E-state index in [-0.39, 0.29) is 4.99 Å². The largest absolute Gasteiger partial charge is 0.495 e. The van der Waals surface area contributed by atoms with Crippen LogP contribution in [-0.4, -0.2) is 25.8 Å². The number of halogens is 1. The third-order valence-electron chi connectivity index (χ3n) is 2.47. The Morgan fingerprint density at radius 2 is 2.21 bits per heavy atom. The molecular formula is C11H15BrN2O3S2. The van der Waals surface area contributed by atoms with Crippen LogP contribution in [0.25, 0.3) is 0 Å². The Bertz CT molecular complexity index is 575. The van der Waals surface area contributed by atoms with Gasteiger partial charge in [-0.3, -0.25) is 4.72 Å². The van der Waals surface area contributed by atoms with Crippen LogP contribution < -0.4 is 15.2 Å². The lowest BCUT2D eigenvalue weighted by atomic mass is 10.3. The molecule has 0 saturated heterocycles. The van der Waals surface area contributed by atoms with Crippen LogP contribution in [0.15, 0.2) is 22.7 Å². The van der Waals surface area contributed by atoms with E-state index in [1.54, 1.807) is 25.1 Å². The average Bonchev–Trinajstić information content (AvgIpc) is 2.31. The number of benzene rings is 1. The van der Waals surface area contributed by atoms with E-state index >= 15 is 0 Å². The average molecular weight is 367 g/mol. The smallest absolute Gasteiger partial charge is 0.242 e. The van der Waals surface area contributed by atoms with Crippen LogP contribution in [-0.2, 0) is 10.0 Å². The molecule has 3 N–H and O–H groups in total. The molecule has 5 nitrogen and oxygen atoms in total.